The molecule has 0 amide bonds. The summed E-state index contributed by atoms with van der Waals surface area (Å²) in [5.41, 5.74) is 0.111. The third kappa shape index (κ3) is 5.63. The van der Waals surface area contributed by atoms with Crippen molar-refractivity contribution in [2.24, 2.45) is 5.92 Å². The van der Waals surface area contributed by atoms with Gasteiger partial charge in [-0.05, 0) is 51.0 Å². The van der Waals surface area contributed by atoms with E-state index in [2.05, 4.69) is 28.8 Å². The number of hydrogen-bond donors (Lipinski definition) is 2. The fourth-order valence-electron chi connectivity index (χ4n) is 3.52. The first-order valence-corrected chi connectivity index (χ1v) is 10.9. The van der Waals surface area contributed by atoms with Gasteiger partial charge in [-0.3, -0.25) is 15.0 Å². The first kappa shape index (κ1) is 21.6. The minimum absolute atomic E-state index is 0.116. The highest BCUT2D eigenvalue weighted by atomic mass is 32.2. The number of anilines is 1. The maximum absolute atomic E-state index is 11.9. The summed E-state index contributed by atoms with van der Waals surface area (Å²) in [7, 11) is -2.45. The van der Waals surface area contributed by atoms with Crippen LogP contribution in [0.1, 0.15) is 39.5 Å². The molecule has 1 heterocycles. The molecule has 0 radical (unpaired) electrons. The van der Waals surface area contributed by atoms with Gasteiger partial charge >= 0.3 is 0 Å². The first-order valence-electron chi connectivity index (χ1n) is 9.46. The molecule has 1 saturated heterocycles. The standard InChI is InChI=1S/C18H30N4O4S/c1-14(2)18(21-10-6-4-5-7-11-21)13-20-16-9-8-15(27(25,26)19-3)12-17(16)22(23)24/h8-9,12,14,18-20H,4-7,10-11,13H2,1-3H3. The van der Waals surface area contributed by atoms with E-state index in [1.165, 1.54) is 44.9 Å². The molecule has 152 valence electrons. The van der Waals surface area contributed by atoms with Crippen molar-refractivity contribution in [3.8, 4) is 0 Å². The molecule has 1 aliphatic heterocycles. The highest BCUT2D eigenvalue weighted by Crippen LogP contribution is 2.28. The molecule has 1 aliphatic rings. The molecule has 1 atom stereocenters. The van der Waals surface area contributed by atoms with Crippen molar-refractivity contribution >= 4 is 21.4 Å². The van der Waals surface area contributed by atoms with Gasteiger partial charge in [0.15, 0.2) is 0 Å². The molecule has 2 rings (SSSR count). The van der Waals surface area contributed by atoms with Gasteiger partial charge in [-0.15, -0.1) is 0 Å². The Morgan fingerprint density at radius 3 is 2.33 bits per heavy atom. The third-order valence-electron chi connectivity index (χ3n) is 5.13. The Bertz CT molecular complexity index is 744. The molecule has 1 fully saturated rings. The zero-order chi connectivity index (χ0) is 20.0. The predicted octanol–water partition coefficient (Wildman–Crippen LogP) is 2.82. The second kappa shape index (κ2) is 9.48. The van der Waals surface area contributed by atoms with E-state index in [9.17, 15) is 18.5 Å². The van der Waals surface area contributed by atoms with Crippen LogP contribution in [0.25, 0.3) is 0 Å². The molecule has 2 N–H and O–H groups in total. The van der Waals surface area contributed by atoms with Crippen LogP contribution in [0.4, 0.5) is 11.4 Å². The Kier molecular flexibility index (Phi) is 7.58. The van der Waals surface area contributed by atoms with E-state index >= 15 is 0 Å². The summed E-state index contributed by atoms with van der Waals surface area (Å²) in [5, 5.41) is 14.6. The molecule has 1 aromatic rings. The van der Waals surface area contributed by atoms with Crippen molar-refractivity contribution in [3.63, 3.8) is 0 Å². The average molecular weight is 399 g/mol. The van der Waals surface area contributed by atoms with Gasteiger partial charge in [0.25, 0.3) is 5.69 Å². The van der Waals surface area contributed by atoms with Crippen LogP contribution in [0.5, 0.6) is 0 Å². The SMILES string of the molecule is CNS(=O)(=O)c1ccc(NCC(C(C)C)N2CCCCCC2)c([N+](=O)[O-])c1. The van der Waals surface area contributed by atoms with E-state index < -0.39 is 14.9 Å². The van der Waals surface area contributed by atoms with Gasteiger partial charge in [0.1, 0.15) is 5.69 Å². The molecule has 27 heavy (non-hydrogen) atoms. The zero-order valence-electron chi connectivity index (χ0n) is 16.3. The molecule has 1 unspecified atom stereocenters. The van der Waals surface area contributed by atoms with Gasteiger partial charge < -0.3 is 5.32 Å². The number of nitro groups is 1. The molecule has 1 aromatic carbocycles. The minimum atomic E-state index is -3.73. The van der Waals surface area contributed by atoms with Crippen molar-refractivity contribution in [2.75, 3.05) is 32.0 Å². The Morgan fingerprint density at radius 2 is 1.81 bits per heavy atom. The van der Waals surface area contributed by atoms with Crippen LogP contribution < -0.4 is 10.0 Å². The topological polar surface area (TPSA) is 105 Å². The largest absolute Gasteiger partial charge is 0.378 e. The normalized spacial score (nSPS) is 17.5. The molecule has 0 spiro atoms. The van der Waals surface area contributed by atoms with Crippen LogP contribution in [0.2, 0.25) is 0 Å². The fraction of sp³-hybridized carbons (Fsp3) is 0.667. The van der Waals surface area contributed by atoms with E-state index in [0.29, 0.717) is 18.2 Å². The van der Waals surface area contributed by atoms with Gasteiger partial charge in [0.05, 0.1) is 9.82 Å². The van der Waals surface area contributed by atoms with Gasteiger partial charge in [-0.2, -0.15) is 0 Å². The number of likely N-dealkylation sites (tertiary alicyclic amines) is 1. The summed E-state index contributed by atoms with van der Waals surface area (Å²) in [6.07, 6.45) is 4.86. The number of nitrogens with one attached hydrogen (secondary N) is 2. The quantitative estimate of drug-likeness (QED) is 0.515. The average Bonchev–Trinajstić information content (AvgIpc) is 2.90. The Balaban J connectivity index is 2.20. The molecule has 8 nitrogen and oxygen atoms in total. The smallest absolute Gasteiger partial charge is 0.293 e. The van der Waals surface area contributed by atoms with Crippen LogP contribution >= 0.6 is 0 Å². The summed E-state index contributed by atoms with van der Waals surface area (Å²) < 4.78 is 26.0. The van der Waals surface area contributed by atoms with Gasteiger partial charge in [-0.1, -0.05) is 26.7 Å². The lowest BCUT2D eigenvalue weighted by molar-refractivity contribution is -0.384. The Morgan fingerprint density at radius 1 is 1.19 bits per heavy atom. The molecular formula is C18H30N4O4S. The monoisotopic (exact) mass is 398 g/mol. The number of sulfonamides is 1. The number of nitro benzene ring substituents is 1. The van der Waals surface area contributed by atoms with Crippen LogP contribution in [-0.4, -0.2) is 51.0 Å². The second-order valence-corrected chi connectivity index (χ2v) is 9.17. The molecule has 9 heteroatoms. The van der Waals surface area contributed by atoms with Crippen LogP contribution in [0.3, 0.4) is 0 Å². The van der Waals surface area contributed by atoms with E-state index in [-0.39, 0.29) is 16.6 Å². The zero-order valence-corrected chi connectivity index (χ0v) is 17.1. The van der Waals surface area contributed by atoms with E-state index in [0.717, 1.165) is 19.2 Å². The van der Waals surface area contributed by atoms with Crippen molar-refractivity contribution in [1.82, 2.24) is 9.62 Å². The third-order valence-corrected chi connectivity index (χ3v) is 6.54. The minimum Gasteiger partial charge on any atom is -0.378 e. The summed E-state index contributed by atoms with van der Waals surface area (Å²) in [6, 6.07) is 4.23. The molecular weight excluding hydrogens is 368 g/mol. The lowest BCUT2D eigenvalue weighted by Crippen LogP contribution is -2.44. The number of rotatable bonds is 8. The molecule has 0 aromatic heterocycles. The fourth-order valence-corrected chi connectivity index (χ4v) is 4.27. The summed E-state index contributed by atoms with van der Waals surface area (Å²) in [4.78, 5) is 13.3. The summed E-state index contributed by atoms with van der Waals surface area (Å²) in [5.74, 6) is 0.401. The van der Waals surface area contributed by atoms with E-state index in [1.54, 1.807) is 0 Å². The second-order valence-electron chi connectivity index (χ2n) is 7.29. The summed E-state index contributed by atoms with van der Waals surface area (Å²) in [6.45, 7) is 7.00. The highest BCUT2D eigenvalue weighted by Gasteiger charge is 2.25. The Labute approximate surface area is 161 Å². The Hall–Kier alpha value is -1.71. The van der Waals surface area contributed by atoms with Crippen molar-refractivity contribution in [2.45, 2.75) is 50.5 Å². The number of benzene rings is 1. The summed E-state index contributed by atoms with van der Waals surface area (Å²) >= 11 is 0. The van der Waals surface area contributed by atoms with E-state index in [4.69, 9.17) is 0 Å². The van der Waals surface area contributed by atoms with E-state index in [1.807, 2.05) is 0 Å². The molecule has 0 aliphatic carbocycles. The first-order chi connectivity index (χ1) is 12.8. The lowest BCUT2D eigenvalue weighted by Gasteiger charge is -2.34. The van der Waals surface area contributed by atoms with Crippen molar-refractivity contribution in [3.05, 3.63) is 28.3 Å². The van der Waals surface area contributed by atoms with Gasteiger partial charge in [0, 0.05) is 18.7 Å². The van der Waals surface area contributed by atoms with Gasteiger partial charge in [0.2, 0.25) is 10.0 Å². The van der Waals surface area contributed by atoms with Crippen LogP contribution in [-0.2, 0) is 10.0 Å². The lowest BCUT2D eigenvalue weighted by atomic mass is 10.0. The number of hydrogen-bond acceptors (Lipinski definition) is 6. The van der Waals surface area contributed by atoms with Crippen molar-refractivity contribution in [1.29, 1.82) is 0 Å². The molecule has 0 bridgehead atoms. The maximum Gasteiger partial charge on any atom is 0.293 e. The van der Waals surface area contributed by atoms with Crippen LogP contribution in [0, 0.1) is 16.0 Å². The van der Waals surface area contributed by atoms with Crippen LogP contribution in [0.15, 0.2) is 23.1 Å². The predicted molar refractivity (Wildman–Crippen MR) is 106 cm³/mol. The highest BCUT2D eigenvalue weighted by molar-refractivity contribution is 7.89. The van der Waals surface area contributed by atoms with Gasteiger partial charge in [-0.25, -0.2) is 13.1 Å². The number of nitrogens with zero attached hydrogens (tertiary/aromatic N) is 2. The molecule has 0 saturated carbocycles. The maximum atomic E-state index is 11.9. The van der Waals surface area contributed by atoms with Crippen molar-refractivity contribution < 1.29 is 13.3 Å².